The van der Waals surface area contributed by atoms with Crippen molar-refractivity contribution in [3.63, 3.8) is 0 Å². The van der Waals surface area contributed by atoms with E-state index >= 15 is 0 Å². The van der Waals surface area contributed by atoms with Gasteiger partial charge in [-0.1, -0.05) is 18.2 Å². The van der Waals surface area contributed by atoms with Crippen LogP contribution in [-0.4, -0.2) is 83.7 Å². The van der Waals surface area contributed by atoms with Crippen LogP contribution in [0, 0.1) is 0 Å². The molecule has 6 heteroatoms. The molecular weight excluding hydrogens is 328 g/mol. The number of nitrogens with one attached hydrogen (secondary N) is 1. The number of ketones is 1. The number of amides is 1. The quantitative estimate of drug-likeness (QED) is 0.829. The summed E-state index contributed by atoms with van der Waals surface area (Å²) in [5, 5.41) is 0.993. The monoisotopic (exact) mass is 354 g/mol. The van der Waals surface area contributed by atoms with Crippen LogP contribution in [0.4, 0.5) is 0 Å². The van der Waals surface area contributed by atoms with Crippen LogP contribution in [0.1, 0.15) is 23.2 Å². The predicted octanol–water partition coefficient (Wildman–Crippen LogP) is 1.59. The van der Waals surface area contributed by atoms with Crippen molar-refractivity contribution in [3.05, 3.63) is 36.0 Å². The Morgan fingerprint density at radius 1 is 0.885 bits per heavy atom. The zero-order chi connectivity index (χ0) is 17.9. The summed E-state index contributed by atoms with van der Waals surface area (Å²) in [5.41, 5.74) is 1.77. The largest absolute Gasteiger partial charge is 0.360 e. The van der Waals surface area contributed by atoms with Crippen LogP contribution in [0.5, 0.6) is 0 Å². The number of para-hydroxylation sites is 1. The summed E-state index contributed by atoms with van der Waals surface area (Å²) in [6.45, 7) is 6.15. The van der Waals surface area contributed by atoms with Crippen LogP contribution in [0.25, 0.3) is 10.9 Å². The van der Waals surface area contributed by atoms with Crippen LogP contribution in [0.3, 0.4) is 0 Å². The highest BCUT2D eigenvalue weighted by atomic mass is 16.2. The molecule has 26 heavy (non-hydrogen) atoms. The third kappa shape index (κ3) is 3.66. The van der Waals surface area contributed by atoms with E-state index in [4.69, 9.17) is 0 Å². The van der Waals surface area contributed by atoms with Crippen LogP contribution in [0.15, 0.2) is 30.5 Å². The third-order valence-electron chi connectivity index (χ3n) is 5.54. The van der Waals surface area contributed by atoms with Gasteiger partial charge in [0.1, 0.15) is 0 Å². The van der Waals surface area contributed by atoms with Gasteiger partial charge >= 0.3 is 0 Å². The van der Waals surface area contributed by atoms with Gasteiger partial charge in [0.05, 0.1) is 13.1 Å². The minimum Gasteiger partial charge on any atom is -0.360 e. The van der Waals surface area contributed by atoms with E-state index in [1.807, 2.05) is 35.4 Å². The zero-order valence-electron chi connectivity index (χ0n) is 15.1. The number of carbonyl (C=O) groups is 2. The van der Waals surface area contributed by atoms with E-state index in [0.717, 1.165) is 68.6 Å². The van der Waals surface area contributed by atoms with E-state index in [1.54, 1.807) is 0 Å². The second-order valence-corrected chi connectivity index (χ2v) is 7.31. The molecule has 138 valence electrons. The van der Waals surface area contributed by atoms with Gasteiger partial charge in [0, 0.05) is 61.9 Å². The molecular formula is C20H26N4O2. The van der Waals surface area contributed by atoms with Gasteiger partial charge in [-0.15, -0.1) is 0 Å². The smallest absolute Gasteiger partial charge is 0.236 e. The van der Waals surface area contributed by atoms with Gasteiger partial charge in [-0.3, -0.25) is 19.4 Å². The van der Waals surface area contributed by atoms with Crippen LogP contribution < -0.4 is 0 Å². The molecule has 2 saturated heterocycles. The first-order valence-corrected chi connectivity index (χ1v) is 9.52. The molecule has 0 atom stereocenters. The Balaban J connectivity index is 1.28. The van der Waals surface area contributed by atoms with Gasteiger partial charge in [-0.2, -0.15) is 0 Å². The van der Waals surface area contributed by atoms with Crippen molar-refractivity contribution in [1.29, 1.82) is 0 Å². The molecule has 2 aliphatic rings. The SMILES string of the molecule is O=C(CN1CCN(CC(=O)N2CCCC2)CC1)c1c[nH]c2ccccc12. The molecule has 0 aliphatic carbocycles. The van der Waals surface area contributed by atoms with Crippen LogP contribution in [0.2, 0.25) is 0 Å². The van der Waals surface area contributed by atoms with E-state index in [0.29, 0.717) is 13.1 Å². The molecule has 1 aromatic heterocycles. The fourth-order valence-corrected chi connectivity index (χ4v) is 3.95. The Hall–Kier alpha value is -2.18. The summed E-state index contributed by atoms with van der Waals surface area (Å²) >= 11 is 0. The molecule has 1 amide bonds. The highest BCUT2D eigenvalue weighted by Gasteiger charge is 2.24. The highest BCUT2D eigenvalue weighted by molar-refractivity contribution is 6.08. The molecule has 1 N–H and O–H groups in total. The number of fused-ring (bicyclic) bond motifs is 1. The van der Waals surface area contributed by atoms with Crippen molar-refractivity contribution < 1.29 is 9.59 Å². The number of rotatable bonds is 5. The molecule has 6 nitrogen and oxygen atoms in total. The van der Waals surface area contributed by atoms with Gasteiger partial charge in [0.15, 0.2) is 5.78 Å². The first kappa shape index (κ1) is 17.2. The van der Waals surface area contributed by atoms with Crippen molar-refractivity contribution >= 4 is 22.6 Å². The maximum Gasteiger partial charge on any atom is 0.236 e. The van der Waals surface area contributed by atoms with E-state index < -0.39 is 0 Å². The van der Waals surface area contributed by atoms with Crippen molar-refractivity contribution in [2.75, 3.05) is 52.4 Å². The Labute approximate surface area is 153 Å². The first-order valence-electron chi connectivity index (χ1n) is 9.52. The molecule has 3 heterocycles. The molecule has 0 radical (unpaired) electrons. The Morgan fingerprint density at radius 3 is 2.27 bits per heavy atom. The Bertz CT molecular complexity index is 786. The normalized spacial score (nSPS) is 19.3. The second kappa shape index (κ2) is 7.60. The maximum atomic E-state index is 12.7. The van der Waals surface area contributed by atoms with E-state index in [2.05, 4.69) is 14.8 Å². The van der Waals surface area contributed by atoms with E-state index in [-0.39, 0.29) is 11.7 Å². The lowest BCUT2D eigenvalue weighted by Gasteiger charge is -2.34. The predicted molar refractivity (Wildman–Crippen MR) is 101 cm³/mol. The Kier molecular flexibility index (Phi) is 5.04. The molecule has 0 spiro atoms. The van der Waals surface area contributed by atoms with E-state index in [9.17, 15) is 9.59 Å². The molecule has 2 fully saturated rings. The van der Waals surface area contributed by atoms with Crippen molar-refractivity contribution in [1.82, 2.24) is 19.7 Å². The summed E-state index contributed by atoms with van der Waals surface area (Å²) in [5.74, 6) is 0.412. The van der Waals surface area contributed by atoms with Gasteiger partial charge in [-0.05, 0) is 18.9 Å². The minimum atomic E-state index is 0.157. The first-order chi connectivity index (χ1) is 12.7. The molecule has 2 aromatic rings. The average Bonchev–Trinajstić information content (AvgIpc) is 3.33. The number of hydrogen-bond acceptors (Lipinski definition) is 4. The molecule has 0 bridgehead atoms. The molecule has 0 saturated carbocycles. The van der Waals surface area contributed by atoms with Crippen LogP contribution in [-0.2, 0) is 4.79 Å². The summed E-state index contributed by atoms with van der Waals surface area (Å²) in [6, 6.07) is 7.90. The van der Waals surface area contributed by atoms with Crippen molar-refractivity contribution in [2.45, 2.75) is 12.8 Å². The van der Waals surface area contributed by atoms with Gasteiger partial charge < -0.3 is 9.88 Å². The number of Topliss-reactive ketones (excluding diaryl/α,β-unsaturated/α-hetero) is 1. The molecule has 0 unspecified atom stereocenters. The fourth-order valence-electron chi connectivity index (χ4n) is 3.95. The van der Waals surface area contributed by atoms with Crippen LogP contribution >= 0.6 is 0 Å². The minimum absolute atomic E-state index is 0.157. The lowest BCUT2D eigenvalue weighted by atomic mass is 10.1. The number of nitrogens with zero attached hydrogens (tertiary/aromatic N) is 3. The number of carbonyl (C=O) groups excluding carboxylic acids is 2. The Morgan fingerprint density at radius 2 is 1.54 bits per heavy atom. The van der Waals surface area contributed by atoms with Gasteiger partial charge in [0.25, 0.3) is 0 Å². The number of aromatic nitrogens is 1. The standard InChI is InChI=1S/C20H26N4O2/c25-19(17-13-21-18-6-2-1-5-16(17)18)14-22-9-11-23(12-10-22)15-20(26)24-7-3-4-8-24/h1-2,5-6,13,21H,3-4,7-12,14-15H2. The lowest BCUT2D eigenvalue weighted by Crippen LogP contribution is -2.50. The highest BCUT2D eigenvalue weighted by Crippen LogP contribution is 2.18. The maximum absolute atomic E-state index is 12.7. The third-order valence-corrected chi connectivity index (χ3v) is 5.54. The van der Waals surface area contributed by atoms with Gasteiger partial charge in [0.2, 0.25) is 5.91 Å². The molecule has 4 rings (SSSR count). The summed E-state index contributed by atoms with van der Waals surface area (Å²) in [4.78, 5) is 34.5. The second-order valence-electron chi connectivity index (χ2n) is 7.31. The molecule has 2 aliphatic heterocycles. The summed E-state index contributed by atoms with van der Waals surface area (Å²) < 4.78 is 0. The lowest BCUT2D eigenvalue weighted by molar-refractivity contribution is -0.131. The fraction of sp³-hybridized carbons (Fsp3) is 0.500. The summed E-state index contributed by atoms with van der Waals surface area (Å²) in [7, 11) is 0. The average molecular weight is 354 g/mol. The van der Waals surface area contributed by atoms with Crippen molar-refractivity contribution in [3.8, 4) is 0 Å². The number of likely N-dealkylation sites (tertiary alicyclic amines) is 1. The number of benzene rings is 1. The van der Waals surface area contributed by atoms with Gasteiger partial charge in [-0.25, -0.2) is 0 Å². The molecule has 1 aromatic carbocycles. The number of aromatic amines is 1. The zero-order valence-corrected chi connectivity index (χ0v) is 15.1. The number of piperazine rings is 1. The number of H-pyrrole nitrogens is 1. The topological polar surface area (TPSA) is 59.7 Å². The number of hydrogen-bond donors (Lipinski definition) is 1. The summed E-state index contributed by atoms with van der Waals surface area (Å²) in [6.07, 6.45) is 4.09. The van der Waals surface area contributed by atoms with E-state index in [1.165, 1.54) is 0 Å². The van der Waals surface area contributed by atoms with Crippen molar-refractivity contribution in [2.24, 2.45) is 0 Å².